The molecule has 1 saturated heterocycles. The van der Waals surface area contributed by atoms with Crippen molar-refractivity contribution in [2.24, 2.45) is 5.92 Å². The first kappa shape index (κ1) is 14.1. The number of aliphatic hydroxyl groups is 1. The van der Waals surface area contributed by atoms with Crippen molar-refractivity contribution in [3.8, 4) is 0 Å². The maximum atomic E-state index is 9.65. The Hall–Kier alpha value is -1.36. The second-order valence-corrected chi connectivity index (χ2v) is 5.38. The van der Waals surface area contributed by atoms with Crippen LogP contribution in [0.25, 0.3) is 0 Å². The van der Waals surface area contributed by atoms with Gasteiger partial charge in [-0.15, -0.1) is 0 Å². The zero-order valence-corrected chi connectivity index (χ0v) is 11.8. The van der Waals surface area contributed by atoms with Crippen LogP contribution in [0.15, 0.2) is 6.33 Å². The van der Waals surface area contributed by atoms with Gasteiger partial charge in [0.15, 0.2) is 0 Å². The minimum absolute atomic E-state index is 0.215. The molecule has 0 spiro atoms. The van der Waals surface area contributed by atoms with E-state index in [1.165, 1.54) is 0 Å². The Balaban J connectivity index is 2.13. The van der Waals surface area contributed by atoms with Gasteiger partial charge in [-0.25, -0.2) is 9.97 Å². The highest BCUT2D eigenvalue weighted by molar-refractivity contribution is 5.56. The van der Waals surface area contributed by atoms with E-state index < -0.39 is 0 Å². The van der Waals surface area contributed by atoms with E-state index in [1.54, 1.807) is 6.33 Å². The van der Waals surface area contributed by atoms with Gasteiger partial charge in [-0.05, 0) is 32.1 Å². The van der Waals surface area contributed by atoms with E-state index in [4.69, 9.17) is 5.73 Å². The third-order valence-corrected chi connectivity index (χ3v) is 3.98. The fourth-order valence-electron chi connectivity index (χ4n) is 2.77. The van der Waals surface area contributed by atoms with Crippen molar-refractivity contribution in [2.45, 2.75) is 45.6 Å². The molecule has 1 atom stereocenters. The predicted molar refractivity (Wildman–Crippen MR) is 77.1 cm³/mol. The molecule has 1 aromatic heterocycles. The van der Waals surface area contributed by atoms with Crippen LogP contribution in [0.2, 0.25) is 0 Å². The number of hydrogen-bond acceptors (Lipinski definition) is 5. The first-order chi connectivity index (χ1) is 9.13. The van der Waals surface area contributed by atoms with E-state index in [9.17, 15) is 5.11 Å². The largest absolute Gasteiger partial charge is 0.393 e. The highest BCUT2D eigenvalue weighted by atomic mass is 16.3. The zero-order valence-electron chi connectivity index (χ0n) is 11.8. The Morgan fingerprint density at radius 2 is 2.11 bits per heavy atom. The van der Waals surface area contributed by atoms with Crippen molar-refractivity contribution in [3.05, 3.63) is 11.9 Å². The van der Waals surface area contributed by atoms with Crippen molar-refractivity contribution in [2.75, 3.05) is 23.7 Å². The molecule has 106 valence electrons. The van der Waals surface area contributed by atoms with Gasteiger partial charge in [-0.1, -0.05) is 13.3 Å². The van der Waals surface area contributed by atoms with Gasteiger partial charge in [-0.3, -0.25) is 0 Å². The Morgan fingerprint density at radius 3 is 2.68 bits per heavy atom. The van der Waals surface area contributed by atoms with Crippen molar-refractivity contribution < 1.29 is 5.11 Å². The average Bonchev–Trinajstić information content (AvgIpc) is 2.41. The van der Waals surface area contributed by atoms with Gasteiger partial charge in [0.25, 0.3) is 0 Å². The van der Waals surface area contributed by atoms with E-state index in [1.807, 2.05) is 6.92 Å². The number of aromatic nitrogens is 2. The molecule has 1 aromatic rings. The predicted octanol–water partition coefficient (Wildman–Crippen LogP) is 1.61. The van der Waals surface area contributed by atoms with Gasteiger partial charge < -0.3 is 15.7 Å². The van der Waals surface area contributed by atoms with E-state index in [2.05, 4.69) is 21.8 Å². The first-order valence-electron chi connectivity index (χ1n) is 7.15. The Bertz CT molecular complexity index is 414. The number of nitrogens with two attached hydrogens (primary N) is 1. The number of piperidine rings is 1. The van der Waals surface area contributed by atoms with Gasteiger partial charge in [0.1, 0.15) is 18.0 Å². The number of aliphatic hydroxyl groups excluding tert-OH is 1. The van der Waals surface area contributed by atoms with Crippen LogP contribution >= 0.6 is 0 Å². The SMILES string of the molecule is CCCc1c(N)ncnc1N1CCC(C(C)O)CC1. The summed E-state index contributed by atoms with van der Waals surface area (Å²) in [6.07, 6.45) is 5.30. The van der Waals surface area contributed by atoms with Crippen molar-refractivity contribution in [1.29, 1.82) is 0 Å². The molecule has 2 rings (SSSR count). The van der Waals surface area contributed by atoms with Crippen molar-refractivity contribution in [1.82, 2.24) is 9.97 Å². The van der Waals surface area contributed by atoms with Gasteiger partial charge in [0, 0.05) is 18.7 Å². The molecule has 1 aliphatic rings. The lowest BCUT2D eigenvalue weighted by molar-refractivity contribution is 0.109. The standard InChI is InChI=1S/C14H24N4O/c1-3-4-12-13(15)16-9-17-14(12)18-7-5-11(6-8-18)10(2)19/h9-11,19H,3-8H2,1-2H3,(H2,15,16,17). The molecule has 1 unspecified atom stereocenters. The van der Waals surface area contributed by atoms with E-state index in [0.29, 0.717) is 11.7 Å². The fourth-order valence-corrected chi connectivity index (χ4v) is 2.77. The summed E-state index contributed by atoms with van der Waals surface area (Å²) in [6.45, 7) is 5.88. The minimum atomic E-state index is -0.215. The third-order valence-electron chi connectivity index (χ3n) is 3.98. The second-order valence-electron chi connectivity index (χ2n) is 5.38. The minimum Gasteiger partial charge on any atom is -0.393 e. The van der Waals surface area contributed by atoms with Gasteiger partial charge in [0.05, 0.1) is 6.10 Å². The summed E-state index contributed by atoms with van der Waals surface area (Å²) in [4.78, 5) is 10.8. The molecule has 5 nitrogen and oxygen atoms in total. The molecule has 3 N–H and O–H groups in total. The summed E-state index contributed by atoms with van der Waals surface area (Å²) in [7, 11) is 0. The highest BCUT2D eigenvalue weighted by Crippen LogP contribution is 2.28. The van der Waals surface area contributed by atoms with Crippen LogP contribution in [0.1, 0.15) is 38.7 Å². The lowest BCUT2D eigenvalue weighted by Crippen LogP contribution is -2.38. The molecule has 0 amide bonds. The third kappa shape index (κ3) is 3.15. The summed E-state index contributed by atoms with van der Waals surface area (Å²) in [5, 5.41) is 9.65. The highest BCUT2D eigenvalue weighted by Gasteiger charge is 2.25. The van der Waals surface area contributed by atoms with E-state index in [0.717, 1.165) is 50.2 Å². The monoisotopic (exact) mass is 264 g/mol. The maximum Gasteiger partial charge on any atom is 0.137 e. The van der Waals surface area contributed by atoms with Crippen LogP contribution in [-0.4, -0.2) is 34.3 Å². The molecule has 0 saturated carbocycles. The van der Waals surface area contributed by atoms with Crippen LogP contribution < -0.4 is 10.6 Å². The lowest BCUT2D eigenvalue weighted by atomic mass is 9.92. The van der Waals surface area contributed by atoms with Gasteiger partial charge >= 0.3 is 0 Å². The molecule has 0 radical (unpaired) electrons. The Morgan fingerprint density at radius 1 is 1.42 bits per heavy atom. The van der Waals surface area contributed by atoms with Crippen LogP contribution in [0.5, 0.6) is 0 Å². The molecule has 0 aliphatic carbocycles. The number of rotatable bonds is 4. The smallest absolute Gasteiger partial charge is 0.137 e. The molecule has 5 heteroatoms. The molecule has 2 heterocycles. The molecule has 0 bridgehead atoms. The molecule has 1 fully saturated rings. The zero-order chi connectivity index (χ0) is 13.8. The number of nitrogens with zero attached hydrogens (tertiary/aromatic N) is 3. The Labute approximate surface area is 114 Å². The van der Waals surface area contributed by atoms with Crippen LogP contribution in [-0.2, 0) is 6.42 Å². The van der Waals surface area contributed by atoms with E-state index in [-0.39, 0.29) is 6.10 Å². The summed E-state index contributed by atoms with van der Waals surface area (Å²) >= 11 is 0. The Kier molecular flexibility index (Phi) is 4.58. The van der Waals surface area contributed by atoms with Crippen molar-refractivity contribution in [3.63, 3.8) is 0 Å². The summed E-state index contributed by atoms with van der Waals surface area (Å²) < 4.78 is 0. The molecular weight excluding hydrogens is 240 g/mol. The lowest BCUT2D eigenvalue weighted by Gasteiger charge is -2.35. The number of hydrogen-bond donors (Lipinski definition) is 2. The molecular formula is C14H24N4O. The number of nitrogen functional groups attached to an aromatic ring is 1. The summed E-state index contributed by atoms with van der Waals surface area (Å²) in [6, 6.07) is 0. The first-order valence-corrected chi connectivity index (χ1v) is 7.15. The normalized spacial score (nSPS) is 18.6. The van der Waals surface area contributed by atoms with Gasteiger partial charge in [-0.2, -0.15) is 0 Å². The quantitative estimate of drug-likeness (QED) is 0.864. The second kappa shape index (κ2) is 6.19. The maximum absolute atomic E-state index is 9.65. The van der Waals surface area contributed by atoms with Crippen LogP contribution in [0.3, 0.4) is 0 Å². The topological polar surface area (TPSA) is 75.3 Å². The van der Waals surface area contributed by atoms with Crippen LogP contribution in [0, 0.1) is 5.92 Å². The van der Waals surface area contributed by atoms with Gasteiger partial charge in [0.2, 0.25) is 0 Å². The molecule has 0 aromatic carbocycles. The summed E-state index contributed by atoms with van der Waals surface area (Å²) in [5.74, 6) is 1.99. The number of anilines is 2. The molecule has 19 heavy (non-hydrogen) atoms. The fraction of sp³-hybridized carbons (Fsp3) is 0.714. The van der Waals surface area contributed by atoms with Crippen molar-refractivity contribution >= 4 is 11.6 Å². The summed E-state index contributed by atoms with van der Waals surface area (Å²) in [5.41, 5.74) is 7.04. The average molecular weight is 264 g/mol. The van der Waals surface area contributed by atoms with Crippen LogP contribution in [0.4, 0.5) is 11.6 Å². The molecule has 1 aliphatic heterocycles. The van der Waals surface area contributed by atoms with E-state index >= 15 is 0 Å².